The second-order valence-electron chi connectivity index (χ2n) is 11.0. The van der Waals surface area contributed by atoms with Crippen molar-refractivity contribution in [3.05, 3.63) is 65.2 Å². The number of Topliss-reactive ketones (excluding diaryl/α,β-unsaturated/α-hetero) is 1. The SMILES string of the molecule is CN1C(=O)[C@@]2(C(=C(O)c3ccc(S(=O)(=O)N4CCCC4)cc3)C(=O)C(=O)N2CCCN2CCOCC2)c2ccccc21. The summed E-state index contributed by atoms with van der Waals surface area (Å²) >= 11 is 0. The van der Waals surface area contributed by atoms with Crippen LogP contribution < -0.4 is 4.90 Å². The Labute approximate surface area is 245 Å². The number of morpholine rings is 1. The van der Waals surface area contributed by atoms with Gasteiger partial charge < -0.3 is 19.6 Å². The molecule has 0 unspecified atom stereocenters. The molecule has 2 aromatic rings. The minimum absolute atomic E-state index is 0.0706. The van der Waals surface area contributed by atoms with Crippen molar-refractivity contribution in [2.24, 2.45) is 0 Å². The van der Waals surface area contributed by atoms with E-state index in [1.54, 1.807) is 31.3 Å². The van der Waals surface area contributed by atoms with Crippen LogP contribution in [0.15, 0.2) is 59.0 Å². The Morgan fingerprint density at radius 2 is 1.60 bits per heavy atom. The average molecular weight is 595 g/mol. The topological polar surface area (TPSA) is 128 Å². The molecule has 3 fully saturated rings. The molecule has 4 aliphatic rings. The van der Waals surface area contributed by atoms with Gasteiger partial charge in [0.15, 0.2) is 5.54 Å². The summed E-state index contributed by atoms with van der Waals surface area (Å²) < 4.78 is 32.9. The van der Waals surface area contributed by atoms with E-state index in [1.807, 2.05) is 0 Å². The summed E-state index contributed by atoms with van der Waals surface area (Å²) in [5, 5.41) is 11.6. The molecule has 0 aromatic heterocycles. The second-order valence-corrected chi connectivity index (χ2v) is 13.0. The van der Waals surface area contributed by atoms with Gasteiger partial charge in [-0.2, -0.15) is 4.31 Å². The van der Waals surface area contributed by atoms with Crippen LogP contribution in [0.1, 0.15) is 30.4 Å². The molecule has 2 aromatic carbocycles. The highest BCUT2D eigenvalue weighted by molar-refractivity contribution is 7.89. The van der Waals surface area contributed by atoms with E-state index in [2.05, 4.69) is 4.90 Å². The highest BCUT2D eigenvalue weighted by atomic mass is 32.2. The molecule has 2 amide bonds. The number of carbonyl (C=O) groups excluding carboxylic acids is 3. The fourth-order valence-corrected chi connectivity index (χ4v) is 8.07. The number of anilines is 1. The Balaban J connectivity index is 1.42. The molecule has 4 aliphatic heterocycles. The van der Waals surface area contributed by atoms with Crippen LogP contribution in [0.3, 0.4) is 0 Å². The lowest BCUT2D eigenvalue weighted by atomic mass is 9.82. The standard InChI is InChI=1S/C30H34N4O7S/c1-31-24-8-3-2-7-23(24)30(29(31)38)25(27(36)28(37)34(30)16-6-13-32-17-19-41-20-18-32)26(35)21-9-11-22(12-10-21)42(39,40)33-14-4-5-15-33/h2-3,7-12,35H,4-6,13-20H2,1H3/t30-/m0/s1. The van der Waals surface area contributed by atoms with Gasteiger partial charge in [-0.25, -0.2) is 8.42 Å². The Hall–Kier alpha value is -3.58. The zero-order valence-corrected chi connectivity index (χ0v) is 24.3. The van der Waals surface area contributed by atoms with Gasteiger partial charge >= 0.3 is 0 Å². The molecule has 42 heavy (non-hydrogen) atoms. The number of sulfonamides is 1. The van der Waals surface area contributed by atoms with E-state index in [0.717, 1.165) is 25.9 Å². The summed E-state index contributed by atoms with van der Waals surface area (Å²) in [7, 11) is -2.11. The summed E-state index contributed by atoms with van der Waals surface area (Å²) in [6, 6.07) is 12.5. The van der Waals surface area contributed by atoms with Gasteiger partial charge in [0.1, 0.15) is 5.76 Å². The molecule has 0 radical (unpaired) electrons. The van der Waals surface area contributed by atoms with E-state index in [4.69, 9.17) is 4.74 Å². The summed E-state index contributed by atoms with van der Waals surface area (Å²) in [5.74, 6) is -2.84. The van der Waals surface area contributed by atoms with Gasteiger partial charge in [-0.1, -0.05) is 18.2 Å². The van der Waals surface area contributed by atoms with Crippen LogP contribution in [-0.2, 0) is 34.7 Å². The fourth-order valence-electron chi connectivity index (χ4n) is 6.55. The van der Waals surface area contributed by atoms with Gasteiger partial charge in [-0.05, 0) is 49.6 Å². The van der Waals surface area contributed by atoms with Crippen molar-refractivity contribution in [2.45, 2.75) is 29.7 Å². The van der Waals surface area contributed by atoms with Crippen molar-refractivity contribution in [1.29, 1.82) is 0 Å². The lowest BCUT2D eigenvalue weighted by Gasteiger charge is -2.35. The molecule has 0 bridgehead atoms. The minimum atomic E-state index is -3.69. The molecule has 4 heterocycles. The van der Waals surface area contributed by atoms with Crippen LogP contribution in [0, 0.1) is 0 Å². The number of hydrogen-bond acceptors (Lipinski definition) is 8. The van der Waals surface area contributed by atoms with Crippen LogP contribution >= 0.6 is 0 Å². The first-order chi connectivity index (χ1) is 20.2. The van der Waals surface area contributed by atoms with Crippen molar-refractivity contribution < 1.29 is 32.6 Å². The van der Waals surface area contributed by atoms with Crippen molar-refractivity contribution in [2.75, 3.05) is 64.4 Å². The number of amides is 2. The first-order valence-electron chi connectivity index (χ1n) is 14.3. The number of nitrogens with zero attached hydrogens (tertiary/aromatic N) is 4. The highest BCUT2D eigenvalue weighted by Gasteiger charge is 2.66. The maximum absolute atomic E-state index is 14.2. The maximum Gasteiger partial charge on any atom is 0.296 e. The molecule has 1 spiro atoms. The van der Waals surface area contributed by atoms with Gasteiger partial charge in [0.05, 0.1) is 23.7 Å². The van der Waals surface area contributed by atoms with Crippen molar-refractivity contribution >= 4 is 39.1 Å². The summed E-state index contributed by atoms with van der Waals surface area (Å²) in [4.78, 5) is 46.5. The number of para-hydroxylation sites is 1. The number of aliphatic hydroxyl groups is 1. The van der Waals surface area contributed by atoms with Gasteiger partial charge in [0.25, 0.3) is 17.6 Å². The van der Waals surface area contributed by atoms with Crippen LogP contribution in [-0.4, -0.2) is 105 Å². The fraction of sp³-hybridized carbons (Fsp3) is 0.433. The van der Waals surface area contributed by atoms with Gasteiger partial charge in [0.2, 0.25) is 10.0 Å². The number of likely N-dealkylation sites (tertiary alicyclic amines) is 1. The maximum atomic E-state index is 14.2. The molecule has 12 heteroatoms. The zero-order chi connectivity index (χ0) is 29.6. The highest BCUT2D eigenvalue weighted by Crippen LogP contribution is 2.53. The van der Waals surface area contributed by atoms with Crippen LogP contribution in [0.25, 0.3) is 5.76 Å². The average Bonchev–Trinajstić information content (AvgIpc) is 3.69. The smallest absolute Gasteiger partial charge is 0.296 e. The number of rotatable bonds is 7. The largest absolute Gasteiger partial charge is 0.507 e. The predicted octanol–water partition coefficient (Wildman–Crippen LogP) is 1.75. The quantitative estimate of drug-likeness (QED) is 0.292. The normalized spacial score (nSPS) is 24.7. The van der Waals surface area contributed by atoms with E-state index in [1.165, 1.54) is 38.4 Å². The van der Waals surface area contributed by atoms with E-state index in [0.29, 0.717) is 50.5 Å². The molecule has 6 rings (SSSR count). The van der Waals surface area contributed by atoms with Gasteiger partial charge in [-0.3, -0.25) is 19.3 Å². The van der Waals surface area contributed by atoms with E-state index in [-0.39, 0.29) is 22.6 Å². The molecule has 1 N–H and O–H groups in total. The molecule has 222 valence electrons. The number of ketones is 1. The molecular weight excluding hydrogens is 560 g/mol. The molecule has 0 aliphatic carbocycles. The first-order valence-corrected chi connectivity index (χ1v) is 15.7. The Morgan fingerprint density at radius 1 is 0.929 bits per heavy atom. The number of ether oxygens (including phenoxy) is 1. The third-order valence-corrected chi connectivity index (χ3v) is 10.6. The van der Waals surface area contributed by atoms with E-state index < -0.39 is 38.9 Å². The number of hydrogen-bond donors (Lipinski definition) is 1. The second kappa shape index (κ2) is 10.9. The van der Waals surface area contributed by atoms with E-state index >= 15 is 0 Å². The lowest BCUT2D eigenvalue weighted by molar-refractivity contribution is -0.143. The molecule has 11 nitrogen and oxygen atoms in total. The predicted molar refractivity (Wildman–Crippen MR) is 154 cm³/mol. The number of benzene rings is 2. The summed E-state index contributed by atoms with van der Waals surface area (Å²) in [6.45, 7) is 4.46. The van der Waals surface area contributed by atoms with Crippen LogP contribution in [0.5, 0.6) is 0 Å². The van der Waals surface area contributed by atoms with Crippen LogP contribution in [0.4, 0.5) is 5.69 Å². The minimum Gasteiger partial charge on any atom is -0.507 e. The number of aliphatic hydroxyl groups excluding tert-OH is 1. The number of likely N-dealkylation sites (N-methyl/N-ethyl adjacent to an activating group) is 1. The molecule has 3 saturated heterocycles. The Kier molecular flexibility index (Phi) is 7.42. The number of fused-ring (bicyclic) bond motifs is 2. The Bertz CT molecular complexity index is 1560. The van der Waals surface area contributed by atoms with Crippen molar-refractivity contribution in [3.8, 4) is 0 Å². The number of carbonyl (C=O) groups is 3. The van der Waals surface area contributed by atoms with E-state index in [9.17, 15) is 27.9 Å². The van der Waals surface area contributed by atoms with Crippen molar-refractivity contribution in [3.63, 3.8) is 0 Å². The zero-order valence-electron chi connectivity index (χ0n) is 23.5. The summed E-state index contributed by atoms with van der Waals surface area (Å²) in [6.07, 6.45) is 2.11. The third kappa shape index (κ3) is 4.36. The van der Waals surface area contributed by atoms with Gasteiger partial charge in [-0.15, -0.1) is 0 Å². The van der Waals surface area contributed by atoms with Crippen molar-refractivity contribution in [1.82, 2.24) is 14.1 Å². The molecule has 0 saturated carbocycles. The first kappa shape index (κ1) is 28.5. The summed E-state index contributed by atoms with van der Waals surface area (Å²) in [5.41, 5.74) is -1.02. The molecule has 1 atom stereocenters. The Morgan fingerprint density at radius 3 is 2.29 bits per heavy atom. The lowest BCUT2D eigenvalue weighted by Crippen LogP contribution is -2.52. The van der Waals surface area contributed by atoms with Gasteiger partial charge in [0, 0.05) is 63.1 Å². The monoisotopic (exact) mass is 594 g/mol. The van der Waals surface area contributed by atoms with Crippen LogP contribution in [0.2, 0.25) is 0 Å². The molecular formula is C30H34N4O7S. The third-order valence-electron chi connectivity index (χ3n) is 8.73.